The van der Waals surface area contributed by atoms with Gasteiger partial charge in [-0.15, -0.1) is 0 Å². The first kappa shape index (κ1) is 9.83. The second-order valence-corrected chi connectivity index (χ2v) is 6.16. The van der Waals surface area contributed by atoms with Crippen LogP contribution in [0.1, 0.15) is 46.0 Å². The summed E-state index contributed by atoms with van der Waals surface area (Å²) in [5.74, 6) is 1.58. The average molecular weight is 208 g/mol. The molecule has 1 unspecified atom stereocenters. The molecular weight excluding hydrogens is 188 g/mol. The molecule has 84 valence electrons. The zero-order valence-electron chi connectivity index (χ0n) is 9.62. The van der Waals surface area contributed by atoms with Gasteiger partial charge in [0.2, 0.25) is 0 Å². The molecule has 3 fully saturated rings. The fourth-order valence-electron chi connectivity index (χ4n) is 4.92. The van der Waals surface area contributed by atoms with Crippen LogP contribution in [0.5, 0.6) is 0 Å². The van der Waals surface area contributed by atoms with Crippen molar-refractivity contribution in [2.45, 2.75) is 52.1 Å². The molecule has 3 saturated carbocycles. The number of Topliss-reactive ketones (excluding diaryl/α,β-unsaturated/α-hetero) is 1. The molecule has 0 heterocycles. The van der Waals surface area contributed by atoms with Crippen LogP contribution in [0.4, 0.5) is 0 Å². The third-order valence-corrected chi connectivity index (χ3v) is 5.99. The molecule has 0 aromatic rings. The maximum atomic E-state index is 12.2. The van der Waals surface area contributed by atoms with Gasteiger partial charge in [0, 0.05) is 6.42 Å². The van der Waals surface area contributed by atoms with Crippen molar-refractivity contribution >= 4 is 5.78 Å². The van der Waals surface area contributed by atoms with Gasteiger partial charge in [-0.25, -0.2) is 0 Å². The summed E-state index contributed by atoms with van der Waals surface area (Å²) in [4.78, 5) is 12.2. The van der Waals surface area contributed by atoms with E-state index in [1.807, 2.05) is 6.92 Å². The highest BCUT2D eigenvalue weighted by atomic mass is 16.3. The Morgan fingerprint density at radius 3 is 2.73 bits per heavy atom. The van der Waals surface area contributed by atoms with Crippen LogP contribution < -0.4 is 0 Å². The third kappa shape index (κ3) is 0.848. The molecule has 0 radical (unpaired) electrons. The van der Waals surface area contributed by atoms with Crippen LogP contribution in [0.25, 0.3) is 0 Å². The van der Waals surface area contributed by atoms with E-state index in [0.29, 0.717) is 17.6 Å². The van der Waals surface area contributed by atoms with Crippen LogP contribution in [0, 0.1) is 22.7 Å². The minimum atomic E-state index is -0.400. The lowest BCUT2D eigenvalue weighted by atomic mass is 9.65. The first-order chi connectivity index (χ1) is 7.02. The lowest BCUT2D eigenvalue weighted by Crippen LogP contribution is -2.42. The Morgan fingerprint density at radius 2 is 2.00 bits per heavy atom. The largest absolute Gasteiger partial charge is 0.392 e. The number of aliphatic hydroxyl groups is 1. The van der Waals surface area contributed by atoms with E-state index in [1.165, 1.54) is 6.42 Å². The van der Waals surface area contributed by atoms with Gasteiger partial charge in [-0.2, -0.15) is 0 Å². The average Bonchev–Trinajstić information content (AvgIpc) is 2.72. The van der Waals surface area contributed by atoms with Gasteiger partial charge in [0.15, 0.2) is 0 Å². The van der Waals surface area contributed by atoms with Crippen molar-refractivity contribution in [1.82, 2.24) is 0 Å². The molecule has 0 aliphatic heterocycles. The van der Waals surface area contributed by atoms with Crippen LogP contribution in [-0.4, -0.2) is 17.0 Å². The molecule has 3 aliphatic carbocycles. The van der Waals surface area contributed by atoms with E-state index in [-0.39, 0.29) is 11.5 Å². The SMILES string of the molecule is C[C@@H]1CC[C@@]23CCC(O)[C@]2(C)C(=O)C[C@@H]13. The summed E-state index contributed by atoms with van der Waals surface area (Å²) in [6.45, 7) is 4.31. The third-order valence-electron chi connectivity index (χ3n) is 5.99. The molecule has 0 amide bonds. The van der Waals surface area contributed by atoms with Gasteiger partial charge >= 0.3 is 0 Å². The van der Waals surface area contributed by atoms with Crippen LogP contribution in [0.2, 0.25) is 0 Å². The summed E-state index contributed by atoms with van der Waals surface area (Å²) in [5, 5.41) is 10.1. The highest BCUT2D eigenvalue weighted by Gasteiger charge is 2.70. The molecular formula is C13H20O2. The fourth-order valence-corrected chi connectivity index (χ4v) is 4.92. The Balaban J connectivity index is 2.12. The quantitative estimate of drug-likeness (QED) is 0.662. The number of carbonyl (C=O) groups is 1. The zero-order chi connectivity index (χ0) is 10.8. The Labute approximate surface area is 91.1 Å². The molecule has 5 atom stereocenters. The summed E-state index contributed by atoms with van der Waals surface area (Å²) in [6.07, 6.45) is 4.68. The number of hydrogen-bond acceptors (Lipinski definition) is 2. The number of ketones is 1. The standard InChI is InChI=1S/C13H20O2/c1-8-3-5-13-6-4-10(14)12(13,2)11(15)7-9(8)13/h8-10,14H,3-7H2,1-2H3/t8-,9+,10?,12-,13+/m1/s1. The van der Waals surface area contributed by atoms with E-state index in [1.54, 1.807) is 0 Å². The predicted octanol–water partition coefficient (Wildman–Crippen LogP) is 2.15. The van der Waals surface area contributed by atoms with E-state index in [9.17, 15) is 9.90 Å². The van der Waals surface area contributed by atoms with Crippen molar-refractivity contribution in [1.29, 1.82) is 0 Å². The Kier molecular flexibility index (Phi) is 1.74. The number of hydrogen-bond donors (Lipinski definition) is 1. The molecule has 0 saturated heterocycles. The van der Waals surface area contributed by atoms with Crippen molar-refractivity contribution in [3.8, 4) is 0 Å². The molecule has 3 aliphatic rings. The minimum Gasteiger partial charge on any atom is -0.392 e. The van der Waals surface area contributed by atoms with Crippen molar-refractivity contribution in [2.24, 2.45) is 22.7 Å². The number of carbonyl (C=O) groups excluding carboxylic acids is 1. The van der Waals surface area contributed by atoms with Crippen molar-refractivity contribution < 1.29 is 9.90 Å². The van der Waals surface area contributed by atoms with Crippen molar-refractivity contribution in [3.63, 3.8) is 0 Å². The Morgan fingerprint density at radius 1 is 1.33 bits per heavy atom. The van der Waals surface area contributed by atoms with Crippen molar-refractivity contribution in [3.05, 3.63) is 0 Å². The Hall–Kier alpha value is -0.370. The maximum Gasteiger partial charge on any atom is 0.142 e. The van der Waals surface area contributed by atoms with Gasteiger partial charge in [0.1, 0.15) is 5.78 Å². The van der Waals surface area contributed by atoms with E-state index >= 15 is 0 Å². The second-order valence-electron chi connectivity index (χ2n) is 6.16. The fraction of sp³-hybridized carbons (Fsp3) is 0.923. The molecule has 0 aromatic carbocycles. The van der Waals surface area contributed by atoms with Gasteiger partial charge in [-0.1, -0.05) is 6.92 Å². The minimum absolute atomic E-state index is 0.170. The summed E-state index contributed by atoms with van der Waals surface area (Å²) >= 11 is 0. The first-order valence-corrected chi connectivity index (χ1v) is 6.24. The molecule has 1 N–H and O–H groups in total. The summed E-state index contributed by atoms with van der Waals surface area (Å²) in [5.41, 5.74) is -0.231. The first-order valence-electron chi connectivity index (χ1n) is 6.24. The maximum absolute atomic E-state index is 12.2. The van der Waals surface area contributed by atoms with E-state index in [2.05, 4.69) is 6.92 Å². The summed E-state index contributed by atoms with van der Waals surface area (Å²) < 4.78 is 0. The van der Waals surface area contributed by atoms with Crippen molar-refractivity contribution in [2.75, 3.05) is 0 Å². The smallest absolute Gasteiger partial charge is 0.142 e. The van der Waals surface area contributed by atoms with E-state index < -0.39 is 5.41 Å². The molecule has 15 heavy (non-hydrogen) atoms. The second kappa shape index (κ2) is 2.65. The van der Waals surface area contributed by atoms with Crippen LogP contribution in [0.15, 0.2) is 0 Å². The van der Waals surface area contributed by atoms with E-state index in [0.717, 1.165) is 25.7 Å². The monoisotopic (exact) mass is 208 g/mol. The molecule has 0 bridgehead atoms. The molecule has 1 spiro atoms. The highest BCUT2D eigenvalue weighted by Crippen LogP contribution is 2.70. The normalized spacial score (nSPS) is 58.3. The molecule has 2 nitrogen and oxygen atoms in total. The van der Waals surface area contributed by atoms with E-state index in [4.69, 9.17) is 0 Å². The van der Waals surface area contributed by atoms with Gasteiger partial charge in [0.25, 0.3) is 0 Å². The molecule has 2 heteroatoms. The zero-order valence-corrected chi connectivity index (χ0v) is 9.62. The van der Waals surface area contributed by atoms with Crippen LogP contribution >= 0.6 is 0 Å². The number of aliphatic hydroxyl groups excluding tert-OH is 1. The lowest BCUT2D eigenvalue weighted by Gasteiger charge is -2.38. The summed E-state index contributed by atoms with van der Waals surface area (Å²) in [6, 6.07) is 0. The van der Waals surface area contributed by atoms with Gasteiger partial charge in [-0.3, -0.25) is 4.79 Å². The van der Waals surface area contributed by atoms with Gasteiger partial charge < -0.3 is 5.11 Å². The topological polar surface area (TPSA) is 37.3 Å². The van der Waals surface area contributed by atoms with Gasteiger partial charge in [-0.05, 0) is 49.9 Å². The van der Waals surface area contributed by atoms with Crippen LogP contribution in [-0.2, 0) is 4.79 Å². The number of rotatable bonds is 0. The molecule has 3 rings (SSSR count). The lowest BCUT2D eigenvalue weighted by molar-refractivity contribution is -0.133. The molecule has 0 aromatic heterocycles. The summed E-state index contributed by atoms with van der Waals surface area (Å²) in [7, 11) is 0. The predicted molar refractivity (Wildman–Crippen MR) is 57.3 cm³/mol. The Bertz CT molecular complexity index is 320. The van der Waals surface area contributed by atoms with Gasteiger partial charge in [0.05, 0.1) is 11.5 Å². The highest BCUT2D eigenvalue weighted by molar-refractivity contribution is 5.89. The van der Waals surface area contributed by atoms with Crippen LogP contribution in [0.3, 0.4) is 0 Å².